The predicted octanol–water partition coefficient (Wildman–Crippen LogP) is 3.84. The van der Waals surface area contributed by atoms with Crippen LogP contribution in [0.4, 0.5) is 0 Å². The van der Waals surface area contributed by atoms with Gasteiger partial charge in [0.2, 0.25) is 10.0 Å². The van der Waals surface area contributed by atoms with E-state index in [1.165, 1.54) is 28.6 Å². The summed E-state index contributed by atoms with van der Waals surface area (Å²) in [7, 11) is -3.49. The molecule has 0 atom stereocenters. The van der Waals surface area contributed by atoms with Crippen LogP contribution in [0.3, 0.4) is 0 Å². The molecule has 0 spiro atoms. The zero-order valence-electron chi connectivity index (χ0n) is 15.8. The number of esters is 1. The monoisotopic (exact) mass is 387 g/mol. The van der Waals surface area contributed by atoms with Crippen molar-refractivity contribution < 1.29 is 17.9 Å². The molecular weight excluding hydrogens is 362 g/mol. The van der Waals surface area contributed by atoms with E-state index in [1.54, 1.807) is 0 Å². The standard InChI is InChI=1S/C21H25NO4S/c1-16-6-7-17(2)19(14-16)15-26-21(23)18-8-10-20(11-9-18)27(24,25)22-12-4-3-5-13-22/h6-11,14H,3-5,12-13,15H2,1-2H3. The highest BCUT2D eigenvalue weighted by atomic mass is 32.2. The van der Waals surface area contributed by atoms with Crippen molar-refractivity contribution in [3.8, 4) is 0 Å². The van der Waals surface area contributed by atoms with E-state index in [0.29, 0.717) is 18.7 Å². The van der Waals surface area contributed by atoms with E-state index in [1.807, 2.05) is 32.0 Å². The number of rotatable bonds is 5. The Hall–Kier alpha value is -2.18. The third kappa shape index (κ3) is 4.57. The summed E-state index contributed by atoms with van der Waals surface area (Å²) in [6.45, 7) is 5.28. The summed E-state index contributed by atoms with van der Waals surface area (Å²) in [5, 5.41) is 0. The fourth-order valence-corrected chi connectivity index (χ4v) is 4.72. The molecule has 3 rings (SSSR count). The molecule has 0 N–H and O–H groups in total. The highest BCUT2D eigenvalue weighted by Crippen LogP contribution is 2.21. The van der Waals surface area contributed by atoms with E-state index in [4.69, 9.17) is 4.74 Å². The van der Waals surface area contributed by atoms with Crippen LogP contribution < -0.4 is 0 Å². The Balaban J connectivity index is 1.67. The zero-order chi connectivity index (χ0) is 19.4. The fourth-order valence-electron chi connectivity index (χ4n) is 3.20. The van der Waals surface area contributed by atoms with Gasteiger partial charge in [-0.15, -0.1) is 0 Å². The van der Waals surface area contributed by atoms with Gasteiger partial charge in [-0.05, 0) is 62.1 Å². The molecule has 27 heavy (non-hydrogen) atoms. The van der Waals surface area contributed by atoms with E-state index in [9.17, 15) is 13.2 Å². The van der Waals surface area contributed by atoms with Gasteiger partial charge in [0.15, 0.2) is 0 Å². The second kappa shape index (κ2) is 8.23. The number of nitrogens with zero attached hydrogens (tertiary/aromatic N) is 1. The maximum Gasteiger partial charge on any atom is 0.338 e. The van der Waals surface area contributed by atoms with Crippen LogP contribution >= 0.6 is 0 Å². The number of carbonyl (C=O) groups excluding carboxylic acids is 1. The lowest BCUT2D eigenvalue weighted by Gasteiger charge is -2.25. The molecule has 2 aromatic carbocycles. The molecule has 1 fully saturated rings. The van der Waals surface area contributed by atoms with Gasteiger partial charge in [0, 0.05) is 13.1 Å². The van der Waals surface area contributed by atoms with Gasteiger partial charge in [0.1, 0.15) is 6.61 Å². The van der Waals surface area contributed by atoms with Crippen LogP contribution in [0.1, 0.15) is 46.3 Å². The lowest BCUT2D eigenvalue weighted by Crippen LogP contribution is -2.35. The molecule has 1 aliphatic heterocycles. The first-order valence-electron chi connectivity index (χ1n) is 9.21. The molecule has 0 aliphatic carbocycles. The van der Waals surface area contributed by atoms with Crippen LogP contribution in [0.25, 0.3) is 0 Å². The summed E-state index contributed by atoms with van der Waals surface area (Å²) >= 11 is 0. The van der Waals surface area contributed by atoms with Gasteiger partial charge >= 0.3 is 5.97 Å². The minimum Gasteiger partial charge on any atom is -0.457 e. The number of benzene rings is 2. The van der Waals surface area contributed by atoms with Crippen molar-refractivity contribution in [2.24, 2.45) is 0 Å². The Morgan fingerprint density at radius 3 is 2.33 bits per heavy atom. The third-order valence-corrected chi connectivity index (χ3v) is 6.82. The lowest BCUT2D eigenvalue weighted by molar-refractivity contribution is 0.0472. The van der Waals surface area contributed by atoms with E-state index >= 15 is 0 Å². The molecule has 0 radical (unpaired) electrons. The summed E-state index contributed by atoms with van der Waals surface area (Å²) < 4.78 is 32.2. The minimum absolute atomic E-state index is 0.195. The topological polar surface area (TPSA) is 63.7 Å². The molecule has 0 bridgehead atoms. The van der Waals surface area contributed by atoms with Gasteiger partial charge in [0.05, 0.1) is 10.5 Å². The maximum atomic E-state index is 12.7. The summed E-state index contributed by atoms with van der Waals surface area (Å²) in [4.78, 5) is 12.5. The first-order chi connectivity index (χ1) is 12.9. The molecule has 5 nitrogen and oxygen atoms in total. The molecular formula is C21H25NO4S. The fraction of sp³-hybridized carbons (Fsp3) is 0.381. The van der Waals surface area contributed by atoms with Crippen molar-refractivity contribution in [3.05, 3.63) is 64.7 Å². The number of aryl methyl sites for hydroxylation is 2. The van der Waals surface area contributed by atoms with Crippen LogP contribution in [-0.4, -0.2) is 31.8 Å². The second-order valence-corrected chi connectivity index (χ2v) is 8.93. The molecule has 144 valence electrons. The Labute approximate surface area is 161 Å². The average Bonchev–Trinajstić information content (AvgIpc) is 2.69. The average molecular weight is 388 g/mol. The molecule has 0 amide bonds. The number of piperidine rings is 1. The highest BCUT2D eigenvalue weighted by Gasteiger charge is 2.26. The van der Waals surface area contributed by atoms with Gasteiger partial charge < -0.3 is 4.74 Å². The van der Waals surface area contributed by atoms with Crippen LogP contribution in [0.5, 0.6) is 0 Å². The Morgan fingerprint density at radius 2 is 1.67 bits per heavy atom. The molecule has 2 aromatic rings. The van der Waals surface area contributed by atoms with Crippen molar-refractivity contribution in [1.29, 1.82) is 0 Å². The molecule has 1 aliphatic rings. The zero-order valence-corrected chi connectivity index (χ0v) is 16.6. The van der Waals surface area contributed by atoms with Gasteiger partial charge in [0.25, 0.3) is 0 Å². The van der Waals surface area contributed by atoms with Crippen molar-refractivity contribution in [2.45, 2.75) is 44.6 Å². The summed E-state index contributed by atoms with van der Waals surface area (Å²) in [6, 6.07) is 12.0. The largest absolute Gasteiger partial charge is 0.457 e. The van der Waals surface area contributed by atoms with Crippen LogP contribution in [0.15, 0.2) is 47.4 Å². The number of hydrogen-bond donors (Lipinski definition) is 0. The van der Waals surface area contributed by atoms with Gasteiger partial charge in [-0.1, -0.05) is 30.2 Å². The summed E-state index contributed by atoms with van der Waals surface area (Å²) in [5.74, 6) is -0.460. The smallest absolute Gasteiger partial charge is 0.338 e. The Bertz CT molecular complexity index is 914. The van der Waals surface area contributed by atoms with Crippen molar-refractivity contribution >= 4 is 16.0 Å². The van der Waals surface area contributed by atoms with Crippen molar-refractivity contribution in [1.82, 2.24) is 4.31 Å². The predicted molar refractivity (Wildman–Crippen MR) is 104 cm³/mol. The maximum absolute atomic E-state index is 12.7. The van der Waals surface area contributed by atoms with Crippen LogP contribution in [0.2, 0.25) is 0 Å². The Kier molecular flexibility index (Phi) is 5.97. The lowest BCUT2D eigenvalue weighted by atomic mass is 10.1. The number of sulfonamides is 1. The Morgan fingerprint density at radius 1 is 1.00 bits per heavy atom. The first kappa shape index (κ1) is 19.6. The van der Waals surface area contributed by atoms with E-state index in [-0.39, 0.29) is 11.5 Å². The van der Waals surface area contributed by atoms with E-state index in [0.717, 1.165) is 36.0 Å². The first-order valence-corrected chi connectivity index (χ1v) is 10.7. The molecule has 0 saturated carbocycles. The van der Waals surface area contributed by atoms with Crippen molar-refractivity contribution in [3.63, 3.8) is 0 Å². The molecule has 1 heterocycles. The summed E-state index contributed by atoms with van der Waals surface area (Å²) in [6.07, 6.45) is 2.85. The quantitative estimate of drug-likeness (QED) is 0.732. The number of hydrogen-bond acceptors (Lipinski definition) is 4. The van der Waals surface area contributed by atoms with Crippen LogP contribution in [0, 0.1) is 13.8 Å². The second-order valence-electron chi connectivity index (χ2n) is 7.00. The van der Waals surface area contributed by atoms with Crippen LogP contribution in [-0.2, 0) is 21.4 Å². The van der Waals surface area contributed by atoms with Gasteiger partial charge in [-0.2, -0.15) is 4.31 Å². The highest BCUT2D eigenvalue weighted by molar-refractivity contribution is 7.89. The molecule has 6 heteroatoms. The van der Waals surface area contributed by atoms with Gasteiger partial charge in [-0.3, -0.25) is 0 Å². The van der Waals surface area contributed by atoms with Crippen molar-refractivity contribution in [2.75, 3.05) is 13.1 Å². The number of ether oxygens (including phenoxy) is 1. The summed E-state index contributed by atoms with van der Waals surface area (Å²) in [5.41, 5.74) is 3.49. The molecule has 0 unspecified atom stereocenters. The molecule has 0 aromatic heterocycles. The SMILES string of the molecule is Cc1ccc(C)c(COC(=O)c2ccc(S(=O)(=O)N3CCCCC3)cc2)c1. The third-order valence-electron chi connectivity index (χ3n) is 4.91. The minimum atomic E-state index is -3.49. The van der Waals surface area contributed by atoms with Gasteiger partial charge in [-0.25, -0.2) is 13.2 Å². The van der Waals surface area contributed by atoms with E-state index in [2.05, 4.69) is 0 Å². The normalized spacial score (nSPS) is 15.5. The molecule has 1 saturated heterocycles. The van der Waals surface area contributed by atoms with E-state index < -0.39 is 16.0 Å². The number of carbonyl (C=O) groups is 1.